The van der Waals surface area contributed by atoms with Gasteiger partial charge >= 0.3 is 12.1 Å². The van der Waals surface area contributed by atoms with Crippen LogP contribution in [0.15, 0.2) is 12.3 Å². The average molecular weight is 310 g/mol. The maximum Gasteiger partial charge on any atom is 0.407 e. The highest BCUT2D eigenvalue weighted by Crippen LogP contribution is 2.11. The van der Waals surface area contributed by atoms with Crippen LogP contribution in [0.5, 0.6) is 0 Å². The van der Waals surface area contributed by atoms with Crippen LogP contribution in [0.2, 0.25) is 0 Å². The van der Waals surface area contributed by atoms with Crippen molar-refractivity contribution >= 4 is 12.1 Å². The zero-order valence-corrected chi connectivity index (χ0v) is 14.2. The Morgan fingerprint density at radius 3 is 2.55 bits per heavy atom. The summed E-state index contributed by atoms with van der Waals surface area (Å²) in [6.45, 7) is 11.9. The summed E-state index contributed by atoms with van der Waals surface area (Å²) in [5.41, 5.74) is 0.925. The summed E-state index contributed by atoms with van der Waals surface area (Å²) in [5, 5.41) is 2.78. The summed E-state index contributed by atoms with van der Waals surface area (Å²) in [4.78, 5) is 23.4. The second-order valence-corrected chi connectivity index (χ2v) is 6.29. The van der Waals surface area contributed by atoms with Crippen molar-refractivity contribution in [3.63, 3.8) is 0 Å². The van der Waals surface area contributed by atoms with Crippen molar-refractivity contribution in [3.05, 3.63) is 23.5 Å². The van der Waals surface area contributed by atoms with E-state index in [1.54, 1.807) is 19.2 Å². The van der Waals surface area contributed by atoms with E-state index in [9.17, 15) is 9.59 Å². The van der Waals surface area contributed by atoms with E-state index < -0.39 is 11.7 Å². The smallest absolute Gasteiger partial charge is 0.407 e. The first-order valence-electron chi connectivity index (χ1n) is 7.45. The fourth-order valence-corrected chi connectivity index (χ4v) is 1.99. The van der Waals surface area contributed by atoms with Crippen LogP contribution in [0.25, 0.3) is 0 Å². The lowest BCUT2D eigenvalue weighted by molar-refractivity contribution is 0.0498. The lowest BCUT2D eigenvalue weighted by Gasteiger charge is -2.22. The Labute approximate surface area is 131 Å². The number of aromatic nitrogens is 1. The van der Waals surface area contributed by atoms with Crippen LogP contribution in [-0.2, 0) is 16.0 Å². The van der Waals surface area contributed by atoms with E-state index in [-0.39, 0.29) is 12.0 Å². The number of hydrogen-bond acceptors (Lipinski definition) is 4. The maximum atomic E-state index is 11.7. The van der Waals surface area contributed by atoms with Gasteiger partial charge in [-0.3, -0.25) is 0 Å². The van der Waals surface area contributed by atoms with E-state index in [2.05, 4.69) is 5.32 Å². The number of esters is 1. The van der Waals surface area contributed by atoms with E-state index in [4.69, 9.17) is 9.47 Å². The number of hydrogen-bond donors (Lipinski definition) is 1. The van der Waals surface area contributed by atoms with E-state index in [1.807, 2.05) is 39.2 Å². The molecule has 0 aliphatic carbocycles. The Morgan fingerprint density at radius 1 is 1.36 bits per heavy atom. The van der Waals surface area contributed by atoms with Gasteiger partial charge in [-0.15, -0.1) is 0 Å². The molecular formula is C16H26N2O4. The van der Waals surface area contributed by atoms with E-state index in [0.29, 0.717) is 18.7 Å². The molecule has 1 amide bonds. The quantitative estimate of drug-likeness (QED) is 0.849. The van der Waals surface area contributed by atoms with Crippen molar-refractivity contribution < 1.29 is 19.1 Å². The van der Waals surface area contributed by atoms with E-state index in [0.717, 1.165) is 5.69 Å². The zero-order chi connectivity index (χ0) is 16.9. The Kier molecular flexibility index (Phi) is 6.02. The van der Waals surface area contributed by atoms with Crippen LogP contribution in [0.3, 0.4) is 0 Å². The van der Waals surface area contributed by atoms with Gasteiger partial charge in [0.15, 0.2) is 0 Å². The van der Waals surface area contributed by atoms with Crippen molar-refractivity contribution in [1.82, 2.24) is 9.88 Å². The summed E-state index contributed by atoms with van der Waals surface area (Å²) < 4.78 is 12.1. The van der Waals surface area contributed by atoms with Gasteiger partial charge in [-0.05, 0) is 47.6 Å². The topological polar surface area (TPSA) is 69.6 Å². The van der Waals surface area contributed by atoms with Crippen molar-refractivity contribution in [1.29, 1.82) is 0 Å². The minimum atomic E-state index is -0.524. The third kappa shape index (κ3) is 5.79. The number of ether oxygens (including phenoxy) is 2. The first-order chi connectivity index (χ1) is 10.1. The van der Waals surface area contributed by atoms with Crippen molar-refractivity contribution in [3.8, 4) is 0 Å². The van der Waals surface area contributed by atoms with Gasteiger partial charge in [0.2, 0.25) is 0 Å². The number of rotatable bonds is 5. The Morgan fingerprint density at radius 2 is 2.00 bits per heavy atom. The van der Waals surface area contributed by atoms with Crippen molar-refractivity contribution in [2.24, 2.45) is 0 Å². The third-order valence-electron chi connectivity index (χ3n) is 2.86. The highest BCUT2D eigenvalue weighted by atomic mass is 16.6. The number of carbonyl (C=O) groups excluding carboxylic acids is 2. The molecule has 0 saturated carbocycles. The fourth-order valence-electron chi connectivity index (χ4n) is 1.99. The summed E-state index contributed by atoms with van der Waals surface area (Å²) in [7, 11) is 0. The standard InChI is InChI=1S/C16H26N2O4/c1-7-21-14(19)13-8-12(3)18(10-13)9-11(2)17-15(20)22-16(4,5)6/h8,10-11H,7,9H2,1-6H3,(H,17,20)/t11-/m0/s1. The van der Waals surface area contributed by atoms with Crippen LogP contribution in [0.1, 0.15) is 50.7 Å². The molecule has 0 aliphatic rings. The summed E-state index contributed by atoms with van der Waals surface area (Å²) >= 11 is 0. The summed E-state index contributed by atoms with van der Waals surface area (Å²) in [5.74, 6) is -0.336. The van der Waals surface area contributed by atoms with E-state index in [1.165, 1.54) is 0 Å². The van der Waals surface area contributed by atoms with Gasteiger partial charge in [0.25, 0.3) is 0 Å². The Hall–Kier alpha value is -1.98. The molecule has 1 heterocycles. The highest BCUT2D eigenvalue weighted by molar-refractivity contribution is 5.89. The molecule has 0 aliphatic heterocycles. The van der Waals surface area contributed by atoms with E-state index >= 15 is 0 Å². The number of nitrogens with one attached hydrogen (secondary N) is 1. The van der Waals surface area contributed by atoms with Crippen LogP contribution < -0.4 is 5.32 Å². The summed E-state index contributed by atoms with van der Waals surface area (Å²) in [6, 6.07) is 1.65. The van der Waals surface area contributed by atoms with Gasteiger partial charge in [-0.1, -0.05) is 0 Å². The maximum absolute atomic E-state index is 11.7. The second kappa shape index (κ2) is 7.33. The molecule has 1 atom stereocenters. The number of aryl methyl sites for hydroxylation is 1. The molecule has 0 unspecified atom stereocenters. The van der Waals surface area contributed by atoms with Crippen LogP contribution >= 0.6 is 0 Å². The minimum absolute atomic E-state index is 0.129. The van der Waals surface area contributed by atoms with Crippen LogP contribution in [0.4, 0.5) is 4.79 Å². The summed E-state index contributed by atoms with van der Waals surface area (Å²) in [6.07, 6.45) is 1.29. The predicted molar refractivity (Wildman–Crippen MR) is 84.0 cm³/mol. The van der Waals surface area contributed by atoms with Gasteiger partial charge in [0.05, 0.1) is 12.2 Å². The van der Waals surface area contributed by atoms with Crippen LogP contribution in [-0.4, -0.2) is 34.9 Å². The minimum Gasteiger partial charge on any atom is -0.462 e. The lowest BCUT2D eigenvalue weighted by Crippen LogP contribution is -2.39. The molecule has 6 heteroatoms. The number of nitrogens with zero attached hydrogens (tertiary/aromatic N) is 1. The molecule has 0 bridgehead atoms. The molecule has 1 aromatic rings. The van der Waals surface area contributed by atoms with Gasteiger partial charge in [0, 0.05) is 24.5 Å². The molecule has 22 heavy (non-hydrogen) atoms. The molecule has 1 N–H and O–H groups in total. The fraction of sp³-hybridized carbons (Fsp3) is 0.625. The van der Waals surface area contributed by atoms with Crippen molar-refractivity contribution in [2.45, 2.75) is 59.7 Å². The average Bonchev–Trinajstić information content (AvgIpc) is 2.68. The number of carbonyl (C=O) groups is 2. The SMILES string of the molecule is CCOC(=O)c1cc(C)n(C[C@H](C)NC(=O)OC(C)(C)C)c1. The van der Waals surface area contributed by atoms with Gasteiger partial charge in [-0.25, -0.2) is 9.59 Å². The first-order valence-corrected chi connectivity index (χ1v) is 7.45. The van der Waals surface area contributed by atoms with Crippen molar-refractivity contribution in [2.75, 3.05) is 6.61 Å². The molecule has 6 nitrogen and oxygen atoms in total. The normalized spacial score (nSPS) is 12.6. The largest absolute Gasteiger partial charge is 0.462 e. The third-order valence-corrected chi connectivity index (χ3v) is 2.86. The molecule has 124 valence electrons. The molecule has 0 aromatic carbocycles. The van der Waals surface area contributed by atoms with Gasteiger partial charge in [-0.2, -0.15) is 0 Å². The molecule has 0 radical (unpaired) electrons. The van der Waals surface area contributed by atoms with Gasteiger partial charge < -0.3 is 19.4 Å². The van der Waals surface area contributed by atoms with Crippen LogP contribution in [0, 0.1) is 6.92 Å². The first kappa shape index (κ1) is 18.1. The number of amides is 1. The molecule has 1 aromatic heterocycles. The molecule has 1 rings (SSSR count). The monoisotopic (exact) mass is 310 g/mol. The zero-order valence-electron chi connectivity index (χ0n) is 14.2. The highest BCUT2D eigenvalue weighted by Gasteiger charge is 2.18. The molecular weight excluding hydrogens is 284 g/mol. The molecule has 0 spiro atoms. The predicted octanol–water partition coefficient (Wildman–Crippen LogP) is 2.89. The Balaban J connectivity index is 2.63. The molecule has 0 saturated heterocycles. The van der Waals surface area contributed by atoms with Gasteiger partial charge in [0.1, 0.15) is 5.60 Å². The number of alkyl carbamates (subject to hydrolysis) is 1. The molecule has 0 fully saturated rings. The second-order valence-electron chi connectivity index (χ2n) is 6.29. The Bertz CT molecular complexity index is 529. The lowest BCUT2D eigenvalue weighted by atomic mass is 10.2.